The van der Waals surface area contributed by atoms with Gasteiger partial charge in [0.2, 0.25) is 5.78 Å². The molecule has 2 heterocycles. The van der Waals surface area contributed by atoms with Gasteiger partial charge in [-0.3, -0.25) is 19.0 Å². The number of aryl methyl sites for hydroxylation is 1. The highest BCUT2D eigenvalue weighted by Crippen LogP contribution is 2.31. The zero-order chi connectivity index (χ0) is 22.8. The summed E-state index contributed by atoms with van der Waals surface area (Å²) in [4.78, 5) is 43.0. The molecular formula is C21H15ClFN4O4S+. The lowest BCUT2D eigenvalue weighted by molar-refractivity contribution is -0.741. The van der Waals surface area contributed by atoms with Crippen molar-refractivity contribution in [2.24, 2.45) is 12.0 Å². The second kappa shape index (κ2) is 8.93. The number of benzene rings is 2. The smallest absolute Gasteiger partial charge is 0.286 e. The van der Waals surface area contributed by atoms with E-state index in [4.69, 9.17) is 11.6 Å². The summed E-state index contributed by atoms with van der Waals surface area (Å²) < 4.78 is 20.0. The first-order chi connectivity index (χ1) is 15.4. The third kappa shape index (κ3) is 4.14. The number of aliphatic imine (C=N–C) groups is 1. The summed E-state index contributed by atoms with van der Waals surface area (Å²) in [6.07, 6.45) is 1.27. The van der Waals surface area contributed by atoms with E-state index in [9.17, 15) is 18.8 Å². The van der Waals surface area contributed by atoms with Crippen LogP contribution in [-0.4, -0.2) is 27.9 Å². The van der Waals surface area contributed by atoms with Gasteiger partial charge in [0.25, 0.3) is 5.91 Å². The molecule has 1 aliphatic rings. The second-order valence-corrected chi connectivity index (χ2v) is 7.99. The third-order valence-corrected chi connectivity index (χ3v) is 5.79. The quantitative estimate of drug-likeness (QED) is 0.349. The molecule has 3 aromatic rings. The second-order valence-electron chi connectivity index (χ2n) is 6.64. The number of nitrogens with one attached hydrogen (secondary N) is 1. The fourth-order valence-electron chi connectivity index (χ4n) is 3.02. The lowest BCUT2D eigenvalue weighted by atomic mass is 10.1. The Balaban J connectivity index is 1.69. The van der Waals surface area contributed by atoms with Gasteiger partial charge in [0.15, 0.2) is 12.2 Å². The fourth-order valence-corrected chi connectivity index (χ4v) is 4.12. The summed E-state index contributed by atoms with van der Waals surface area (Å²) in [7, 11) is 1.47. The number of aromatic amines is 1. The number of H-pyrrole nitrogens is 1. The zero-order valence-corrected chi connectivity index (χ0v) is 18.1. The number of ketones is 1. The van der Waals surface area contributed by atoms with Crippen molar-refractivity contribution < 1.29 is 23.2 Å². The Morgan fingerprint density at radius 3 is 2.66 bits per heavy atom. The molecule has 162 valence electrons. The van der Waals surface area contributed by atoms with Crippen molar-refractivity contribution in [3.8, 4) is 0 Å². The Labute approximate surface area is 189 Å². The molecule has 0 bridgehead atoms. The number of hydrogen-bond donors (Lipinski definition) is 1. The molecule has 0 unspecified atom stereocenters. The number of carbonyl (C=O) groups excluding carboxylic acids is 2. The van der Waals surface area contributed by atoms with Crippen LogP contribution in [0.5, 0.6) is 0 Å². The minimum absolute atomic E-state index is 0.0357. The van der Waals surface area contributed by atoms with Crippen molar-refractivity contribution in [3.05, 3.63) is 86.7 Å². The van der Waals surface area contributed by atoms with E-state index >= 15 is 0 Å². The van der Waals surface area contributed by atoms with Gasteiger partial charge in [0.1, 0.15) is 11.5 Å². The normalized spacial score (nSPS) is 14.8. The Kier molecular flexibility index (Phi) is 6.06. The maximum atomic E-state index is 14.2. The molecule has 1 aromatic heterocycles. The Bertz CT molecular complexity index is 1310. The molecule has 1 aliphatic heterocycles. The SMILES string of the molecule is C[n+]1[nH]oc(=O)c1C(=O)CSC1=N/C(=C\c2c(F)cccc2Cl)C(=O)N1c1ccccc1. The summed E-state index contributed by atoms with van der Waals surface area (Å²) in [5, 5.41) is 2.62. The summed E-state index contributed by atoms with van der Waals surface area (Å²) in [6.45, 7) is 0. The van der Waals surface area contributed by atoms with Crippen LogP contribution < -0.4 is 15.2 Å². The van der Waals surface area contributed by atoms with Gasteiger partial charge >= 0.3 is 11.3 Å². The molecule has 4 rings (SSSR count). The predicted octanol–water partition coefficient (Wildman–Crippen LogP) is 2.94. The van der Waals surface area contributed by atoms with E-state index in [1.165, 1.54) is 40.9 Å². The number of Topliss-reactive ketones (excluding diaryl/α,β-unsaturated/α-hetero) is 1. The van der Waals surface area contributed by atoms with Crippen LogP contribution >= 0.6 is 23.4 Å². The van der Waals surface area contributed by atoms with E-state index in [2.05, 4.69) is 14.8 Å². The molecule has 8 nitrogen and oxygen atoms in total. The van der Waals surface area contributed by atoms with E-state index in [0.717, 1.165) is 11.8 Å². The third-order valence-electron chi connectivity index (χ3n) is 4.53. The number of hydrogen-bond acceptors (Lipinski definition) is 6. The number of amides is 1. The molecule has 1 amide bonds. The first-order valence-electron chi connectivity index (χ1n) is 9.24. The number of para-hydroxylation sites is 1. The van der Waals surface area contributed by atoms with Gasteiger partial charge in [-0.05, 0) is 35.6 Å². The van der Waals surface area contributed by atoms with E-state index in [1.54, 1.807) is 30.3 Å². The number of carbonyl (C=O) groups is 2. The average Bonchev–Trinajstić information content (AvgIpc) is 3.28. The molecule has 2 aromatic carbocycles. The number of halogens is 2. The number of rotatable bonds is 5. The van der Waals surface area contributed by atoms with Crippen molar-refractivity contribution in [2.75, 3.05) is 10.7 Å². The predicted molar refractivity (Wildman–Crippen MR) is 118 cm³/mol. The standard InChI is InChI=1S/C21H14ClFN4O4S/c1-26-18(20(30)31-25-26)17(28)11-32-21-24-16(10-13-14(22)8-5-9-15(13)23)19(29)27(21)12-6-3-2-4-7-12/h2-10H,11H2,1H3/p+1/b16-10-. The Morgan fingerprint density at radius 2 is 2.00 bits per heavy atom. The number of anilines is 1. The van der Waals surface area contributed by atoms with Gasteiger partial charge in [-0.25, -0.2) is 14.2 Å². The Hall–Kier alpha value is -3.50. The van der Waals surface area contributed by atoms with Crippen molar-refractivity contribution in [3.63, 3.8) is 0 Å². The first kappa shape index (κ1) is 21.7. The van der Waals surface area contributed by atoms with Gasteiger partial charge in [0, 0.05) is 5.56 Å². The highest BCUT2D eigenvalue weighted by molar-refractivity contribution is 8.14. The summed E-state index contributed by atoms with van der Waals surface area (Å²) in [5.74, 6) is -1.79. The highest BCUT2D eigenvalue weighted by Gasteiger charge is 2.34. The zero-order valence-electron chi connectivity index (χ0n) is 16.5. The molecule has 0 fully saturated rings. The molecule has 32 heavy (non-hydrogen) atoms. The number of nitrogens with zero attached hydrogens (tertiary/aromatic N) is 3. The number of thioether (sulfide) groups is 1. The van der Waals surface area contributed by atoms with Crippen LogP contribution in [0.3, 0.4) is 0 Å². The molecule has 1 N–H and O–H groups in total. The summed E-state index contributed by atoms with van der Waals surface area (Å²) >= 11 is 7.05. The first-order valence-corrected chi connectivity index (χ1v) is 10.6. The van der Waals surface area contributed by atoms with Crippen molar-refractivity contribution in [2.45, 2.75) is 0 Å². The van der Waals surface area contributed by atoms with Gasteiger partial charge in [0.05, 0.1) is 16.5 Å². The molecule has 0 spiro atoms. The molecule has 0 saturated heterocycles. The Morgan fingerprint density at radius 1 is 1.25 bits per heavy atom. The average molecular weight is 474 g/mol. The van der Waals surface area contributed by atoms with Gasteiger partial charge in [-0.2, -0.15) is 0 Å². The van der Waals surface area contributed by atoms with Crippen molar-refractivity contribution in [1.29, 1.82) is 0 Å². The van der Waals surface area contributed by atoms with E-state index < -0.39 is 23.1 Å². The lowest BCUT2D eigenvalue weighted by Gasteiger charge is -2.17. The van der Waals surface area contributed by atoms with Crippen molar-refractivity contribution >= 4 is 52.0 Å². The van der Waals surface area contributed by atoms with Crippen LogP contribution in [0.4, 0.5) is 10.1 Å². The summed E-state index contributed by atoms with van der Waals surface area (Å²) in [6, 6.07) is 12.9. The molecule has 0 saturated carbocycles. The monoisotopic (exact) mass is 473 g/mol. The van der Waals surface area contributed by atoms with Crippen LogP contribution in [0.1, 0.15) is 16.1 Å². The molecule has 0 aliphatic carbocycles. The van der Waals surface area contributed by atoms with Crippen LogP contribution in [0, 0.1) is 5.82 Å². The molecular weight excluding hydrogens is 459 g/mol. The highest BCUT2D eigenvalue weighted by atomic mass is 35.5. The molecule has 11 heteroatoms. The maximum Gasteiger partial charge on any atom is 0.438 e. The van der Waals surface area contributed by atoms with Gasteiger partial charge in [-0.15, -0.1) is 0 Å². The fraction of sp³-hybridized carbons (Fsp3) is 0.0952. The van der Waals surface area contributed by atoms with Crippen LogP contribution in [-0.2, 0) is 11.8 Å². The van der Waals surface area contributed by atoms with Crippen LogP contribution in [0.25, 0.3) is 6.08 Å². The van der Waals surface area contributed by atoms with Crippen molar-refractivity contribution in [1.82, 2.24) is 5.27 Å². The topological polar surface area (TPSA) is 99.6 Å². The summed E-state index contributed by atoms with van der Waals surface area (Å²) in [5.41, 5.74) is -0.443. The maximum absolute atomic E-state index is 14.2. The van der Waals surface area contributed by atoms with E-state index in [1.807, 2.05) is 0 Å². The largest absolute Gasteiger partial charge is 0.438 e. The lowest BCUT2D eigenvalue weighted by Crippen LogP contribution is -2.40. The van der Waals surface area contributed by atoms with Crippen LogP contribution in [0.2, 0.25) is 5.02 Å². The van der Waals surface area contributed by atoms with E-state index in [0.29, 0.717) is 5.69 Å². The minimum Gasteiger partial charge on any atom is -0.286 e. The molecule has 0 atom stereocenters. The van der Waals surface area contributed by atoms with Crippen LogP contribution in [0.15, 0.2) is 68.5 Å². The van der Waals surface area contributed by atoms with E-state index in [-0.39, 0.29) is 32.9 Å². The molecule has 0 radical (unpaired) electrons. The van der Waals surface area contributed by atoms with Gasteiger partial charge in [-0.1, -0.05) is 52.3 Å². The number of amidine groups is 1. The number of aromatic nitrogens is 2. The minimum atomic E-state index is -0.794. The van der Waals surface area contributed by atoms with Gasteiger partial charge < -0.3 is 0 Å².